The van der Waals surface area contributed by atoms with Crippen molar-refractivity contribution in [1.82, 2.24) is 0 Å². The summed E-state index contributed by atoms with van der Waals surface area (Å²) in [6, 6.07) is 0. The third-order valence-electron chi connectivity index (χ3n) is 8.77. The van der Waals surface area contributed by atoms with Crippen LogP contribution in [0, 0.1) is 5.92 Å². The van der Waals surface area contributed by atoms with Crippen LogP contribution in [0.4, 0.5) is 0 Å². The van der Waals surface area contributed by atoms with E-state index in [1.807, 2.05) is 37.3 Å². The first-order chi connectivity index (χ1) is 24.8. The highest BCUT2D eigenvalue weighted by Crippen LogP contribution is 2.15. The normalized spacial score (nSPS) is 13.5. The fourth-order valence-electron chi connectivity index (χ4n) is 5.62. The van der Waals surface area contributed by atoms with E-state index in [1.165, 1.54) is 89.9 Å². The lowest BCUT2D eigenvalue weighted by Gasteiger charge is -2.12. The number of ether oxygens (including phenoxy) is 2. The second-order valence-electron chi connectivity index (χ2n) is 14.4. The average Bonchev–Trinajstić information content (AvgIpc) is 3.11. The molecule has 6 heteroatoms. The molecule has 2 N–H and O–H groups in total. The van der Waals surface area contributed by atoms with E-state index in [0.29, 0.717) is 19.3 Å². The Morgan fingerprint density at radius 3 is 1.53 bits per heavy atom. The first kappa shape index (κ1) is 48.6. The van der Waals surface area contributed by atoms with E-state index in [0.717, 1.165) is 50.9 Å². The molecule has 0 bridgehead atoms. The maximum Gasteiger partial charge on any atom is 0.305 e. The van der Waals surface area contributed by atoms with Crippen LogP contribution < -0.4 is 0 Å². The van der Waals surface area contributed by atoms with E-state index in [2.05, 4.69) is 44.2 Å². The predicted molar refractivity (Wildman–Crippen MR) is 216 cm³/mol. The fraction of sp³-hybridized carbons (Fsp3) is 0.733. The van der Waals surface area contributed by atoms with E-state index in [-0.39, 0.29) is 31.6 Å². The molecule has 0 aromatic heterocycles. The van der Waals surface area contributed by atoms with Gasteiger partial charge in [0.15, 0.2) is 0 Å². The molecular weight excluding hydrogens is 636 g/mol. The maximum absolute atomic E-state index is 12.0. The monoisotopic (exact) mass is 715 g/mol. The number of aliphatic hydroxyl groups is 2. The van der Waals surface area contributed by atoms with Crippen LogP contribution in [0.2, 0.25) is 0 Å². The largest absolute Gasteiger partial charge is 0.463 e. The van der Waals surface area contributed by atoms with Crippen molar-refractivity contribution in [3.63, 3.8) is 0 Å². The number of esters is 2. The Morgan fingerprint density at radius 1 is 0.549 bits per heavy atom. The number of hydrogen-bond donors (Lipinski definition) is 2. The summed E-state index contributed by atoms with van der Waals surface area (Å²) in [6.07, 6.45) is 46.3. The van der Waals surface area contributed by atoms with E-state index in [4.69, 9.17) is 9.47 Å². The molecule has 0 saturated carbocycles. The molecule has 0 amide bonds. The predicted octanol–water partition coefficient (Wildman–Crippen LogP) is 12.0. The van der Waals surface area contributed by atoms with Gasteiger partial charge in [0.05, 0.1) is 6.10 Å². The highest BCUT2D eigenvalue weighted by Gasteiger charge is 2.12. The Balaban J connectivity index is 3.54. The zero-order valence-electron chi connectivity index (χ0n) is 33.1. The Morgan fingerprint density at radius 2 is 1.00 bits per heavy atom. The molecule has 2 atom stereocenters. The molecule has 6 nitrogen and oxygen atoms in total. The Kier molecular flexibility index (Phi) is 36.9. The minimum Gasteiger partial charge on any atom is -0.463 e. The van der Waals surface area contributed by atoms with Gasteiger partial charge in [-0.2, -0.15) is 0 Å². The summed E-state index contributed by atoms with van der Waals surface area (Å²) in [5, 5.41) is 19.7. The molecule has 0 aromatic carbocycles. The highest BCUT2D eigenvalue weighted by atomic mass is 16.6. The van der Waals surface area contributed by atoms with Crippen LogP contribution in [0.25, 0.3) is 0 Å². The topological polar surface area (TPSA) is 93.1 Å². The molecule has 0 fully saturated rings. The van der Waals surface area contributed by atoms with Gasteiger partial charge in [-0.3, -0.25) is 9.59 Å². The maximum atomic E-state index is 12.0. The van der Waals surface area contributed by atoms with Crippen LogP contribution in [0.5, 0.6) is 0 Å². The molecule has 294 valence electrons. The molecule has 0 spiro atoms. The molecule has 0 radical (unpaired) electrons. The Labute approximate surface area is 313 Å². The molecule has 51 heavy (non-hydrogen) atoms. The lowest BCUT2D eigenvalue weighted by Crippen LogP contribution is -2.25. The van der Waals surface area contributed by atoms with Crippen molar-refractivity contribution in [3.05, 3.63) is 60.8 Å². The van der Waals surface area contributed by atoms with Crippen molar-refractivity contribution in [2.45, 2.75) is 193 Å². The molecule has 0 aliphatic carbocycles. The number of allylic oxidation sites excluding steroid dienone is 8. The van der Waals surface area contributed by atoms with Crippen LogP contribution in [0.15, 0.2) is 60.8 Å². The molecule has 0 rings (SSSR count). The summed E-state index contributed by atoms with van der Waals surface area (Å²) in [5.74, 6) is 0.200. The standard InChI is InChI=1S/C45H78O6/c1-4-5-35-42(46)36-31-27-23-19-15-12-13-17-21-25-29-33-38-45(49)51-40-43(47)39-50-44(48)37-32-28-24-20-16-11-9-7-6-8-10-14-18-22-26-30-34-41(2)3/h5,12-13,19,21,23,25,27,31,35,41-43,46-47H,4,6-11,14-18,20,22,24,26,28-30,32-34,36-40H2,1-3H3/b13-12-,23-19-,25-21-,31-27+,35-5-/t42?,43-/m0/s1. The van der Waals surface area contributed by atoms with Crippen molar-refractivity contribution in [2.75, 3.05) is 13.2 Å². The van der Waals surface area contributed by atoms with Gasteiger partial charge in [0.25, 0.3) is 0 Å². The fourth-order valence-corrected chi connectivity index (χ4v) is 5.62. The summed E-state index contributed by atoms with van der Waals surface area (Å²) < 4.78 is 10.3. The first-order valence-corrected chi connectivity index (χ1v) is 20.8. The van der Waals surface area contributed by atoms with Crippen LogP contribution in [0.1, 0.15) is 181 Å². The zero-order valence-corrected chi connectivity index (χ0v) is 33.1. The molecule has 1 unspecified atom stereocenters. The lowest BCUT2D eigenvalue weighted by atomic mass is 10.0. The summed E-state index contributed by atoms with van der Waals surface area (Å²) in [4.78, 5) is 24.0. The number of hydrogen-bond acceptors (Lipinski definition) is 6. The average molecular weight is 715 g/mol. The van der Waals surface area contributed by atoms with Crippen LogP contribution >= 0.6 is 0 Å². The molecule has 0 aliphatic heterocycles. The SMILES string of the molecule is CC/C=C\C(O)C/C=C/C=C\C/C=C\C/C=C\CCCC(=O)OC[C@@H](O)COC(=O)CCCCCCCCCCCCCCCCCCC(C)C. The van der Waals surface area contributed by atoms with Crippen molar-refractivity contribution < 1.29 is 29.3 Å². The van der Waals surface area contributed by atoms with Gasteiger partial charge >= 0.3 is 11.9 Å². The van der Waals surface area contributed by atoms with Crippen LogP contribution in [-0.2, 0) is 19.1 Å². The van der Waals surface area contributed by atoms with Crippen LogP contribution in [0.3, 0.4) is 0 Å². The van der Waals surface area contributed by atoms with E-state index in [1.54, 1.807) is 0 Å². The van der Waals surface area contributed by atoms with Gasteiger partial charge < -0.3 is 19.7 Å². The minimum atomic E-state index is -0.999. The molecule has 0 aliphatic rings. The van der Waals surface area contributed by atoms with Gasteiger partial charge in [0.2, 0.25) is 0 Å². The third-order valence-corrected chi connectivity index (χ3v) is 8.77. The second-order valence-corrected chi connectivity index (χ2v) is 14.4. The molecular formula is C45H78O6. The van der Waals surface area contributed by atoms with Gasteiger partial charge in [-0.15, -0.1) is 0 Å². The highest BCUT2D eigenvalue weighted by molar-refractivity contribution is 5.69. The van der Waals surface area contributed by atoms with Gasteiger partial charge in [0, 0.05) is 12.8 Å². The van der Waals surface area contributed by atoms with Crippen molar-refractivity contribution >= 4 is 11.9 Å². The number of carbonyl (C=O) groups is 2. The second kappa shape index (κ2) is 38.8. The summed E-state index contributed by atoms with van der Waals surface area (Å²) in [7, 11) is 0. The zero-order chi connectivity index (χ0) is 37.5. The van der Waals surface area contributed by atoms with E-state index in [9.17, 15) is 19.8 Å². The summed E-state index contributed by atoms with van der Waals surface area (Å²) >= 11 is 0. The van der Waals surface area contributed by atoms with Crippen LogP contribution in [-0.4, -0.2) is 47.6 Å². The molecule has 0 saturated heterocycles. The van der Waals surface area contributed by atoms with E-state index < -0.39 is 12.2 Å². The van der Waals surface area contributed by atoms with Gasteiger partial charge in [-0.25, -0.2) is 0 Å². The van der Waals surface area contributed by atoms with Crippen molar-refractivity contribution in [2.24, 2.45) is 5.92 Å². The number of aliphatic hydroxyl groups excluding tert-OH is 2. The number of unbranched alkanes of at least 4 members (excludes halogenated alkanes) is 16. The number of rotatable bonds is 36. The molecule has 0 heterocycles. The number of carbonyl (C=O) groups excluding carboxylic acids is 2. The smallest absolute Gasteiger partial charge is 0.305 e. The van der Waals surface area contributed by atoms with Gasteiger partial charge in [-0.05, 0) is 50.9 Å². The van der Waals surface area contributed by atoms with E-state index >= 15 is 0 Å². The summed E-state index contributed by atoms with van der Waals surface area (Å²) in [6.45, 7) is 6.38. The first-order valence-electron chi connectivity index (χ1n) is 20.8. The van der Waals surface area contributed by atoms with Gasteiger partial charge in [-0.1, -0.05) is 184 Å². The Bertz CT molecular complexity index is 931. The summed E-state index contributed by atoms with van der Waals surface area (Å²) in [5.41, 5.74) is 0. The van der Waals surface area contributed by atoms with Gasteiger partial charge in [0.1, 0.15) is 19.3 Å². The molecule has 0 aromatic rings. The minimum absolute atomic E-state index is 0.144. The Hall–Kier alpha value is -2.44. The quantitative estimate of drug-likeness (QED) is 0.0290. The third kappa shape index (κ3) is 40.2. The lowest BCUT2D eigenvalue weighted by molar-refractivity contribution is -0.152. The van der Waals surface area contributed by atoms with Crippen molar-refractivity contribution in [1.29, 1.82) is 0 Å². The van der Waals surface area contributed by atoms with Crippen molar-refractivity contribution in [3.8, 4) is 0 Å².